The number of hydrogen-bond acceptors (Lipinski definition) is 5. The summed E-state index contributed by atoms with van der Waals surface area (Å²) in [5.41, 5.74) is 0. The molecule has 0 radical (unpaired) electrons. The molecule has 0 spiro atoms. The van der Waals surface area contributed by atoms with Crippen LogP contribution in [0, 0.1) is 0 Å². The Hall–Kier alpha value is -0.200. The molecular weight excluding hydrogens is 176 g/mol. The monoisotopic (exact) mass is 190 g/mol. The Morgan fingerprint density at radius 2 is 1.92 bits per heavy atom. The summed E-state index contributed by atoms with van der Waals surface area (Å²) >= 11 is 0. The van der Waals surface area contributed by atoms with E-state index in [9.17, 15) is 10.2 Å². The number of ether oxygens (including phenoxy) is 3. The van der Waals surface area contributed by atoms with Gasteiger partial charge in [-0.05, 0) is 13.8 Å². The van der Waals surface area contributed by atoms with Crippen LogP contribution in [0.4, 0.5) is 0 Å². The SMILES string of the molecule is CC1(C)O[C@H]2[C@H](COC(O)[C@@H]2O)O1. The van der Waals surface area contributed by atoms with Gasteiger partial charge < -0.3 is 24.4 Å². The van der Waals surface area contributed by atoms with Crippen LogP contribution in [0.5, 0.6) is 0 Å². The Morgan fingerprint density at radius 1 is 1.23 bits per heavy atom. The van der Waals surface area contributed by atoms with Crippen LogP contribution < -0.4 is 0 Å². The van der Waals surface area contributed by atoms with E-state index in [0.29, 0.717) is 0 Å². The van der Waals surface area contributed by atoms with E-state index in [1.165, 1.54) is 0 Å². The summed E-state index contributed by atoms with van der Waals surface area (Å²) in [4.78, 5) is 0. The average molecular weight is 190 g/mol. The number of fused-ring (bicyclic) bond motifs is 1. The number of hydrogen-bond donors (Lipinski definition) is 2. The van der Waals surface area contributed by atoms with Crippen molar-refractivity contribution >= 4 is 0 Å². The molecule has 2 aliphatic heterocycles. The zero-order chi connectivity index (χ0) is 9.64. The minimum absolute atomic E-state index is 0.256. The van der Waals surface area contributed by atoms with Gasteiger partial charge in [-0.2, -0.15) is 0 Å². The van der Waals surface area contributed by atoms with Crippen molar-refractivity contribution in [3.05, 3.63) is 0 Å². The standard InChI is InChI=1S/C8H14O5/c1-8(2)12-4-3-11-7(10)5(9)6(4)13-8/h4-7,9-10H,3H2,1-2H3/t4-,5+,6-,7?/m0/s1. The fraction of sp³-hybridized carbons (Fsp3) is 1.00. The zero-order valence-electron chi connectivity index (χ0n) is 7.64. The first-order chi connectivity index (χ1) is 5.99. The summed E-state index contributed by atoms with van der Waals surface area (Å²) < 4.78 is 15.8. The fourth-order valence-corrected chi connectivity index (χ4v) is 1.74. The van der Waals surface area contributed by atoms with Crippen molar-refractivity contribution in [1.82, 2.24) is 0 Å². The molecule has 2 aliphatic rings. The molecule has 0 amide bonds. The van der Waals surface area contributed by atoms with Gasteiger partial charge in [-0.1, -0.05) is 0 Å². The van der Waals surface area contributed by atoms with Crippen LogP contribution in [0.25, 0.3) is 0 Å². The summed E-state index contributed by atoms with van der Waals surface area (Å²) in [6.45, 7) is 3.79. The molecular formula is C8H14O5. The summed E-state index contributed by atoms with van der Waals surface area (Å²) in [7, 11) is 0. The molecule has 2 heterocycles. The van der Waals surface area contributed by atoms with E-state index in [4.69, 9.17) is 14.2 Å². The number of aliphatic hydroxyl groups is 2. The van der Waals surface area contributed by atoms with Crippen LogP contribution in [0.3, 0.4) is 0 Å². The zero-order valence-corrected chi connectivity index (χ0v) is 7.64. The molecule has 0 aromatic rings. The average Bonchev–Trinajstić information content (AvgIpc) is 2.34. The lowest BCUT2D eigenvalue weighted by Crippen LogP contribution is -2.51. The summed E-state index contributed by atoms with van der Waals surface area (Å²) in [5.74, 6) is -0.705. The lowest BCUT2D eigenvalue weighted by molar-refractivity contribution is -0.230. The molecule has 2 fully saturated rings. The van der Waals surface area contributed by atoms with E-state index in [1.54, 1.807) is 13.8 Å². The second-order valence-electron chi connectivity index (χ2n) is 3.85. The quantitative estimate of drug-likeness (QED) is 0.524. The molecule has 0 saturated carbocycles. The lowest BCUT2D eigenvalue weighted by atomic mass is 10.1. The molecule has 2 rings (SSSR count). The topological polar surface area (TPSA) is 68.2 Å². The number of aliphatic hydroxyl groups excluding tert-OH is 2. The highest BCUT2D eigenvalue weighted by atomic mass is 16.8. The molecule has 4 atom stereocenters. The maximum Gasteiger partial charge on any atom is 0.183 e. The first-order valence-corrected chi connectivity index (χ1v) is 4.33. The van der Waals surface area contributed by atoms with Gasteiger partial charge in [0.05, 0.1) is 6.61 Å². The third-order valence-corrected chi connectivity index (χ3v) is 2.28. The van der Waals surface area contributed by atoms with Gasteiger partial charge in [-0.15, -0.1) is 0 Å². The largest absolute Gasteiger partial charge is 0.385 e. The Labute approximate surface area is 76.2 Å². The summed E-state index contributed by atoms with van der Waals surface area (Å²) in [5, 5.41) is 18.7. The number of rotatable bonds is 0. The molecule has 0 bridgehead atoms. The van der Waals surface area contributed by atoms with Gasteiger partial charge in [-0.3, -0.25) is 0 Å². The van der Waals surface area contributed by atoms with E-state index in [1.807, 2.05) is 0 Å². The molecule has 0 aliphatic carbocycles. The van der Waals surface area contributed by atoms with Crippen LogP contribution in [0.15, 0.2) is 0 Å². The van der Waals surface area contributed by atoms with Crippen LogP contribution in [0.2, 0.25) is 0 Å². The summed E-state index contributed by atoms with van der Waals surface area (Å²) in [6.07, 6.45) is -2.97. The molecule has 0 aromatic heterocycles. The van der Waals surface area contributed by atoms with Crippen molar-refractivity contribution in [2.45, 2.75) is 44.2 Å². The van der Waals surface area contributed by atoms with Crippen LogP contribution in [0.1, 0.15) is 13.8 Å². The van der Waals surface area contributed by atoms with Crippen LogP contribution >= 0.6 is 0 Å². The van der Waals surface area contributed by atoms with Gasteiger partial charge in [0.25, 0.3) is 0 Å². The smallest absolute Gasteiger partial charge is 0.183 e. The van der Waals surface area contributed by atoms with Crippen LogP contribution in [-0.4, -0.2) is 47.2 Å². The lowest BCUT2D eigenvalue weighted by Gasteiger charge is -2.31. The maximum atomic E-state index is 9.50. The molecule has 13 heavy (non-hydrogen) atoms. The van der Waals surface area contributed by atoms with Crippen molar-refractivity contribution in [2.75, 3.05) is 6.61 Å². The third-order valence-electron chi connectivity index (χ3n) is 2.28. The van der Waals surface area contributed by atoms with Crippen molar-refractivity contribution in [2.24, 2.45) is 0 Å². The second kappa shape index (κ2) is 2.90. The Bertz CT molecular complexity index is 205. The molecule has 2 N–H and O–H groups in total. The highest BCUT2D eigenvalue weighted by Crippen LogP contribution is 2.33. The van der Waals surface area contributed by atoms with Crippen LogP contribution in [-0.2, 0) is 14.2 Å². The molecule has 1 unspecified atom stereocenters. The van der Waals surface area contributed by atoms with E-state index < -0.39 is 24.3 Å². The minimum Gasteiger partial charge on any atom is -0.385 e. The van der Waals surface area contributed by atoms with E-state index in [2.05, 4.69) is 0 Å². The highest BCUT2D eigenvalue weighted by molar-refractivity contribution is 4.90. The van der Waals surface area contributed by atoms with Crippen molar-refractivity contribution in [3.8, 4) is 0 Å². The normalized spacial score (nSPS) is 48.9. The predicted molar refractivity (Wildman–Crippen MR) is 41.8 cm³/mol. The van der Waals surface area contributed by atoms with Gasteiger partial charge in [-0.25, -0.2) is 0 Å². The first-order valence-electron chi connectivity index (χ1n) is 4.33. The first kappa shape index (κ1) is 9.36. The van der Waals surface area contributed by atoms with Gasteiger partial charge in [0.15, 0.2) is 12.1 Å². The van der Waals surface area contributed by atoms with Gasteiger partial charge in [0.2, 0.25) is 0 Å². The Balaban J connectivity index is 2.11. The van der Waals surface area contributed by atoms with Crippen molar-refractivity contribution in [1.29, 1.82) is 0 Å². The van der Waals surface area contributed by atoms with Gasteiger partial charge in [0.1, 0.15) is 18.3 Å². The molecule has 5 nitrogen and oxygen atoms in total. The Morgan fingerprint density at radius 3 is 2.62 bits per heavy atom. The minimum atomic E-state index is -1.17. The maximum absolute atomic E-state index is 9.50. The van der Waals surface area contributed by atoms with Gasteiger partial charge in [0, 0.05) is 0 Å². The predicted octanol–water partition coefficient (Wildman–Crippen LogP) is -0.784. The highest BCUT2D eigenvalue weighted by Gasteiger charge is 2.50. The van der Waals surface area contributed by atoms with Crippen molar-refractivity contribution < 1.29 is 24.4 Å². The molecule has 2 saturated heterocycles. The Kier molecular flexibility index (Phi) is 2.08. The fourth-order valence-electron chi connectivity index (χ4n) is 1.74. The second-order valence-corrected chi connectivity index (χ2v) is 3.85. The summed E-state index contributed by atoms with van der Waals surface area (Å²) in [6, 6.07) is 0. The molecule has 5 heteroatoms. The third kappa shape index (κ3) is 1.58. The van der Waals surface area contributed by atoms with Crippen molar-refractivity contribution in [3.63, 3.8) is 0 Å². The molecule has 0 aromatic carbocycles. The molecule has 76 valence electrons. The van der Waals surface area contributed by atoms with Gasteiger partial charge >= 0.3 is 0 Å². The van der Waals surface area contributed by atoms with E-state index in [0.717, 1.165) is 0 Å². The van der Waals surface area contributed by atoms with E-state index in [-0.39, 0.29) is 12.7 Å². The van der Waals surface area contributed by atoms with E-state index >= 15 is 0 Å².